The van der Waals surface area contributed by atoms with Gasteiger partial charge in [0.15, 0.2) is 11.5 Å². The second kappa shape index (κ2) is 9.06. The minimum absolute atomic E-state index is 0.687. The van der Waals surface area contributed by atoms with Crippen molar-refractivity contribution in [1.82, 2.24) is 33.8 Å². The summed E-state index contributed by atoms with van der Waals surface area (Å²) in [5.41, 5.74) is 4.81. The van der Waals surface area contributed by atoms with Crippen molar-refractivity contribution in [3.8, 4) is 11.3 Å². The number of ether oxygens (including phenoxy) is 1. The second-order valence-corrected chi connectivity index (χ2v) is 10.1. The Morgan fingerprint density at radius 1 is 1.06 bits per heavy atom. The van der Waals surface area contributed by atoms with Crippen molar-refractivity contribution in [2.24, 2.45) is 0 Å². The van der Waals surface area contributed by atoms with E-state index in [4.69, 9.17) is 14.7 Å². The molecule has 0 amide bonds. The van der Waals surface area contributed by atoms with Gasteiger partial charge >= 0.3 is 0 Å². The van der Waals surface area contributed by atoms with E-state index in [1.54, 1.807) is 6.26 Å². The lowest BCUT2D eigenvalue weighted by Gasteiger charge is -2.32. The molecular formula is C23H28N8O2S. The first-order valence-corrected chi connectivity index (χ1v) is 13.1. The van der Waals surface area contributed by atoms with E-state index >= 15 is 0 Å². The van der Waals surface area contributed by atoms with Gasteiger partial charge < -0.3 is 14.0 Å². The maximum Gasteiger partial charge on any atom is 0.180 e. The van der Waals surface area contributed by atoms with Crippen LogP contribution in [0.1, 0.15) is 5.69 Å². The SMILES string of the molecule is CS(=O)N1CCN(Cc2cn3cc(-c4cccc5[nH]ncc45)nc(N4CCOCC4)c3n2)CC1. The summed E-state index contributed by atoms with van der Waals surface area (Å²) < 4.78 is 21.5. The number of piperazine rings is 1. The molecule has 0 spiro atoms. The number of nitrogens with one attached hydrogen (secondary N) is 1. The Balaban J connectivity index is 1.37. The lowest BCUT2D eigenvalue weighted by molar-refractivity contribution is 0.122. The van der Waals surface area contributed by atoms with Crippen LogP contribution in [0.15, 0.2) is 36.8 Å². The van der Waals surface area contributed by atoms with Crippen molar-refractivity contribution < 1.29 is 8.95 Å². The van der Waals surface area contributed by atoms with E-state index in [9.17, 15) is 4.21 Å². The fourth-order valence-corrected chi connectivity index (χ4v) is 5.47. The minimum atomic E-state index is -0.904. The van der Waals surface area contributed by atoms with Crippen molar-refractivity contribution in [3.63, 3.8) is 0 Å². The zero-order valence-electron chi connectivity index (χ0n) is 19.2. The number of hydrogen-bond acceptors (Lipinski definition) is 7. The van der Waals surface area contributed by atoms with Crippen LogP contribution < -0.4 is 4.90 Å². The van der Waals surface area contributed by atoms with Gasteiger partial charge in [-0.25, -0.2) is 18.5 Å². The number of anilines is 1. The monoisotopic (exact) mass is 480 g/mol. The number of nitrogens with zero attached hydrogens (tertiary/aromatic N) is 7. The number of aromatic amines is 1. The first-order chi connectivity index (χ1) is 16.7. The number of fused-ring (bicyclic) bond motifs is 2. The summed E-state index contributed by atoms with van der Waals surface area (Å²) in [4.78, 5) is 14.8. The highest BCUT2D eigenvalue weighted by atomic mass is 32.2. The van der Waals surface area contributed by atoms with Gasteiger partial charge in [-0.05, 0) is 6.07 Å². The van der Waals surface area contributed by atoms with E-state index in [1.165, 1.54) is 0 Å². The molecule has 5 heterocycles. The Kier molecular flexibility index (Phi) is 5.77. The van der Waals surface area contributed by atoms with Gasteiger partial charge in [0.25, 0.3) is 0 Å². The molecule has 1 aromatic carbocycles. The maximum atomic E-state index is 11.8. The summed E-state index contributed by atoms with van der Waals surface area (Å²) in [6, 6.07) is 6.14. The summed E-state index contributed by atoms with van der Waals surface area (Å²) in [5, 5.41) is 8.32. The Morgan fingerprint density at radius 3 is 2.68 bits per heavy atom. The zero-order valence-corrected chi connectivity index (χ0v) is 20.0. The second-order valence-electron chi connectivity index (χ2n) is 8.78. The van der Waals surface area contributed by atoms with E-state index in [0.717, 1.165) is 85.1 Å². The largest absolute Gasteiger partial charge is 0.378 e. The smallest absolute Gasteiger partial charge is 0.180 e. The van der Waals surface area contributed by atoms with Gasteiger partial charge in [0.1, 0.15) is 0 Å². The van der Waals surface area contributed by atoms with E-state index < -0.39 is 11.0 Å². The normalized spacial score (nSPS) is 19.3. The van der Waals surface area contributed by atoms with Crippen LogP contribution in [0.2, 0.25) is 0 Å². The average molecular weight is 481 g/mol. The Labute approximate surface area is 200 Å². The first-order valence-electron chi connectivity index (χ1n) is 11.6. The van der Waals surface area contributed by atoms with Gasteiger partial charge in [0.05, 0.1) is 47.3 Å². The lowest BCUT2D eigenvalue weighted by Crippen LogP contribution is -2.46. The molecule has 1 atom stereocenters. The number of benzene rings is 1. The lowest BCUT2D eigenvalue weighted by atomic mass is 10.1. The summed E-state index contributed by atoms with van der Waals surface area (Å²) in [5.74, 6) is 0.888. The van der Waals surface area contributed by atoms with Crippen LogP contribution in [0.5, 0.6) is 0 Å². The first kappa shape index (κ1) is 21.7. The topological polar surface area (TPSA) is 94.9 Å². The number of morpholine rings is 1. The quantitative estimate of drug-likeness (QED) is 0.463. The highest BCUT2D eigenvalue weighted by Gasteiger charge is 2.23. The molecule has 0 saturated carbocycles. The molecule has 2 saturated heterocycles. The molecule has 6 rings (SSSR count). The highest BCUT2D eigenvalue weighted by Crippen LogP contribution is 2.30. The molecular weight excluding hydrogens is 452 g/mol. The van der Waals surface area contributed by atoms with Crippen LogP contribution in [-0.4, -0.2) is 96.7 Å². The molecule has 178 valence electrons. The third-order valence-electron chi connectivity index (χ3n) is 6.62. The van der Waals surface area contributed by atoms with Crippen molar-refractivity contribution in [2.75, 3.05) is 63.6 Å². The molecule has 4 aromatic rings. The molecule has 34 heavy (non-hydrogen) atoms. The summed E-state index contributed by atoms with van der Waals surface area (Å²) in [6.45, 7) is 7.12. The molecule has 0 bridgehead atoms. The van der Waals surface area contributed by atoms with E-state index in [1.807, 2.05) is 22.6 Å². The number of H-pyrrole nitrogens is 1. The number of aromatic nitrogens is 5. The van der Waals surface area contributed by atoms with Gasteiger partial charge in [-0.2, -0.15) is 5.10 Å². The summed E-state index contributed by atoms with van der Waals surface area (Å²) >= 11 is 0. The Morgan fingerprint density at radius 2 is 1.88 bits per heavy atom. The number of hydrogen-bond donors (Lipinski definition) is 1. The zero-order chi connectivity index (χ0) is 23.1. The summed E-state index contributed by atoms with van der Waals surface area (Å²) in [7, 11) is -0.904. The van der Waals surface area contributed by atoms with E-state index in [0.29, 0.717) is 13.2 Å². The molecule has 11 heteroatoms. The molecule has 0 aliphatic carbocycles. The predicted molar refractivity (Wildman–Crippen MR) is 132 cm³/mol. The Bertz CT molecular complexity index is 1340. The van der Waals surface area contributed by atoms with Crippen LogP contribution in [0.4, 0.5) is 5.82 Å². The number of imidazole rings is 1. The van der Waals surface area contributed by atoms with E-state index in [2.05, 4.69) is 42.9 Å². The third-order valence-corrected chi connectivity index (χ3v) is 7.71. The van der Waals surface area contributed by atoms with Gasteiger partial charge in [0.2, 0.25) is 0 Å². The average Bonchev–Trinajstić information content (AvgIpc) is 3.50. The van der Waals surface area contributed by atoms with E-state index in [-0.39, 0.29) is 0 Å². The van der Waals surface area contributed by atoms with Gasteiger partial charge in [-0.15, -0.1) is 0 Å². The van der Waals surface area contributed by atoms with Crippen molar-refractivity contribution >= 4 is 33.4 Å². The van der Waals surface area contributed by atoms with Crippen LogP contribution in [-0.2, 0) is 22.3 Å². The number of rotatable bonds is 5. The molecule has 2 aliphatic heterocycles. The molecule has 1 unspecified atom stereocenters. The standard InChI is InChI=1S/C23H28N8O2S/c1-34(32)31-7-5-28(6-8-31)14-17-15-30-16-21(18-3-2-4-20-19(18)13-24-27-20)26-23(22(30)25-17)29-9-11-33-12-10-29/h2-4,13,15-16H,5-12,14H2,1H3,(H,24,27). The van der Waals surface area contributed by atoms with Gasteiger partial charge in [-0.3, -0.25) is 10.00 Å². The fourth-order valence-electron chi connectivity index (χ4n) is 4.79. The third kappa shape index (κ3) is 4.09. The predicted octanol–water partition coefficient (Wildman–Crippen LogP) is 1.52. The van der Waals surface area contributed by atoms with Crippen LogP contribution in [0.25, 0.3) is 27.8 Å². The summed E-state index contributed by atoms with van der Waals surface area (Å²) in [6.07, 6.45) is 7.78. The van der Waals surface area contributed by atoms with Crippen LogP contribution >= 0.6 is 0 Å². The molecule has 0 radical (unpaired) electrons. The van der Waals surface area contributed by atoms with Crippen LogP contribution in [0.3, 0.4) is 0 Å². The van der Waals surface area contributed by atoms with Gasteiger partial charge in [-0.1, -0.05) is 12.1 Å². The molecule has 2 aliphatic rings. The van der Waals surface area contributed by atoms with Crippen molar-refractivity contribution in [3.05, 3.63) is 42.5 Å². The fraction of sp³-hybridized carbons (Fsp3) is 0.435. The van der Waals surface area contributed by atoms with Crippen molar-refractivity contribution in [2.45, 2.75) is 6.54 Å². The minimum Gasteiger partial charge on any atom is -0.378 e. The molecule has 3 aromatic heterocycles. The van der Waals surface area contributed by atoms with Gasteiger partial charge in [0, 0.05) is 75.4 Å². The Hall–Kier alpha value is -2.86. The van der Waals surface area contributed by atoms with Crippen molar-refractivity contribution in [1.29, 1.82) is 0 Å². The molecule has 1 N–H and O–H groups in total. The molecule has 10 nitrogen and oxygen atoms in total. The van der Waals surface area contributed by atoms with Crippen LogP contribution in [0, 0.1) is 0 Å². The maximum absolute atomic E-state index is 11.8. The highest BCUT2D eigenvalue weighted by molar-refractivity contribution is 7.81. The molecule has 2 fully saturated rings.